The van der Waals surface area contributed by atoms with Crippen LogP contribution in [0.15, 0.2) is 52.3 Å². The number of rotatable bonds is 6. The van der Waals surface area contributed by atoms with E-state index < -0.39 is 27.0 Å². The van der Waals surface area contributed by atoms with Gasteiger partial charge in [-0.25, -0.2) is 17.8 Å². The second-order valence-electron chi connectivity index (χ2n) is 6.39. The van der Waals surface area contributed by atoms with E-state index in [-0.39, 0.29) is 11.3 Å². The van der Waals surface area contributed by atoms with Gasteiger partial charge < -0.3 is 0 Å². The molecule has 0 aliphatic heterocycles. The zero-order valence-electron chi connectivity index (χ0n) is 15.4. The molecule has 1 heterocycles. The number of anilines is 2. The Balaban J connectivity index is 1.85. The average molecular weight is 498 g/mol. The van der Waals surface area contributed by atoms with Crippen LogP contribution in [0.1, 0.15) is 24.2 Å². The predicted octanol–water partition coefficient (Wildman–Crippen LogP) is 5.11. The molecule has 0 aliphatic rings. The highest BCUT2D eigenvalue weighted by atomic mass is 79.9. The standard InChI is InChI=1S/C19H17BrFN3O3S2/c1-11(2)29(26,27)24-16-9-14(21)6-7-15(16)18(25)23-19-22-17(10-28-19)12-4-3-5-13(20)8-12/h3-11,24H,1-2H3,(H,22,23,25). The Bertz CT molecular complexity index is 1160. The first-order valence-electron chi connectivity index (χ1n) is 8.50. The third-order valence-electron chi connectivity index (χ3n) is 3.94. The summed E-state index contributed by atoms with van der Waals surface area (Å²) in [6.07, 6.45) is 0. The smallest absolute Gasteiger partial charge is 0.259 e. The van der Waals surface area contributed by atoms with Crippen molar-refractivity contribution in [3.63, 3.8) is 0 Å². The molecule has 0 radical (unpaired) electrons. The maximum absolute atomic E-state index is 13.7. The van der Waals surface area contributed by atoms with E-state index >= 15 is 0 Å². The second kappa shape index (κ2) is 8.60. The van der Waals surface area contributed by atoms with Crippen LogP contribution in [0.25, 0.3) is 11.3 Å². The van der Waals surface area contributed by atoms with Gasteiger partial charge in [0.1, 0.15) is 5.82 Å². The molecule has 2 N–H and O–H groups in total. The lowest BCUT2D eigenvalue weighted by molar-refractivity contribution is 0.102. The van der Waals surface area contributed by atoms with E-state index in [1.807, 2.05) is 24.3 Å². The second-order valence-corrected chi connectivity index (χ2v) is 10.4. The molecule has 0 fully saturated rings. The molecule has 3 aromatic rings. The number of amides is 1. The lowest BCUT2D eigenvalue weighted by Gasteiger charge is -2.14. The molecule has 0 saturated heterocycles. The van der Waals surface area contributed by atoms with Crippen molar-refractivity contribution in [2.24, 2.45) is 0 Å². The minimum Gasteiger partial charge on any atom is -0.298 e. The fourth-order valence-electron chi connectivity index (χ4n) is 2.35. The maximum atomic E-state index is 13.7. The molecule has 0 saturated carbocycles. The summed E-state index contributed by atoms with van der Waals surface area (Å²) in [6.45, 7) is 2.97. The largest absolute Gasteiger partial charge is 0.298 e. The summed E-state index contributed by atoms with van der Waals surface area (Å²) in [4.78, 5) is 17.1. The first kappa shape index (κ1) is 21.4. The Labute approximate surface area is 180 Å². The molecule has 3 rings (SSSR count). The summed E-state index contributed by atoms with van der Waals surface area (Å²) in [5.41, 5.74) is 1.43. The van der Waals surface area contributed by atoms with Crippen LogP contribution in [0.5, 0.6) is 0 Å². The molecule has 2 aromatic carbocycles. The van der Waals surface area contributed by atoms with Gasteiger partial charge in [0, 0.05) is 15.4 Å². The molecule has 1 amide bonds. The summed E-state index contributed by atoms with van der Waals surface area (Å²) in [7, 11) is -3.75. The van der Waals surface area contributed by atoms with Crippen molar-refractivity contribution in [2.45, 2.75) is 19.1 Å². The van der Waals surface area contributed by atoms with E-state index in [1.54, 1.807) is 5.38 Å². The van der Waals surface area contributed by atoms with Gasteiger partial charge >= 0.3 is 0 Å². The van der Waals surface area contributed by atoms with Gasteiger partial charge in [0.25, 0.3) is 5.91 Å². The third kappa shape index (κ3) is 5.20. The molecular formula is C19H17BrFN3O3S2. The number of carbonyl (C=O) groups excluding carboxylic acids is 1. The van der Waals surface area contributed by atoms with Crippen molar-refractivity contribution >= 4 is 54.0 Å². The SMILES string of the molecule is CC(C)S(=O)(=O)Nc1cc(F)ccc1C(=O)Nc1nc(-c2cccc(Br)c2)cs1. The van der Waals surface area contributed by atoms with E-state index in [4.69, 9.17) is 0 Å². The normalized spacial score (nSPS) is 11.5. The van der Waals surface area contributed by atoms with Crippen LogP contribution in [-0.4, -0.2) is 24.6 Å². The van der Waals surface area contributed by atoms with E-state index in [1.165, 1.54) is 31.3 Å². The molecule has 0 spiro atoms. The Morgan fingerprint density at radius 3 is 2.66 bits per heavy atom. The van der Waals surface area contributed by atoms with E-state index in [2.05, 4.69) is 31.0 Å². The molecule has 152 valence electrons. The number of hydrogen-bond acceptors (Lipinski definition) is 5. The van der Waals surface area contributed by atoms with Crippen molar-refractivity contribution in [3.05, 3.63) is 63.7 Å². The van der Waals surface area contributed by atoms with Crippen LogP contribution in [0, 0.1) is 5.82 Å². The van der Waals surface area contributed by atoms with Crippen LogP contribution < -0.4 is 10.0 Å². The number of aromatic nitrogens is 1. The summed E-state index contributed by atoms with van der Waals surface area (Å²) in [6, 6.07) is 10.9. The van der Waals surface area contributed by atoms with Crippen LogP contribution in [-0.2, 0) is 10.0 Å². The summed E-state index contributed by atoms with van der Waals surface area (Å²) in [5, 5.41) is 4.03. The summed E-state index contributed by atoms with van der Waals surface area (Å²) in [5.74, 6) is -1.25. The number of thiazole rings is 1. The minimum atomic E-state index is -3.75. The predicted molar refractivity (Wildman–Crippen MR) is 117 cm³/mol. The number of nitrogens with one attached hydrogen (secondary N) is 2. The Morgan fingerprint density at radius 2 is 1.97 bits per heavy atom. The van der Waals surface area contributed by atoms with E-state index in [0.717, 1.165) is 22.2 Å². The highest BCUT2D eigenvalue weighted by molar-refractivity contribution is 9.10. The van der Waals surface area contributed by atoms with Gasteiger partial charge in [-0.3, -0.25) is 14.8 Å². The fourth-order valence-corrected chi connectivity index (χ4v) is 4.17. The Hall–Kier alpha value is -2.30. The van der Waals surface area contributed by atoms with Gasteiger partial charge in [0.2, 0.25) is 10.0 Å². The highest BCUT2D eigenvalue weighted by Gasteiger charge is 2.21. The van der Waals surface area contributed by atoms with Gasteiger partial charge in [-0.2, -0.15) is 0 Å². The van der Waals surface area contributed by atoms with Crippen LogP contribution in [0.4, 0.5) is 15.2 Å². The summed E-state index contributed by atoms with van der Waals surface area (Å²) < 4.78 is 41.1. The van der Waals surface area contributed by atoms with Gasteiger partial charge in [-0.1, -0.05) is 28.1 Å². The molecule has 0 atom stereocenters. The van der Waals surface area contributed by atoms with Crippen LogP contribution in [0.3, 0.4) is 0 Å². The van der Waals surface area contributed by atoms with Crippen molar-refractivity contribution in [1.82, 2.24) is 4.98 Å². The molecular weight excluding hydrogens is 481 g/mol. The number of nitrogens with zero attached hydrogens (tertiary/aromatic N) is 1. The maximum Gasteiger partial charge on any atom is 0.259 e. The third-order valence-corrected chi connectivity index (χ3v) is 6.94. The molecule has 10 heteroatoms. The average Bonchev–Trinajstić information content (AvgIpc) is 3.09. The number of carbonyl (C=O) groups is 1. The lowest BCUT2D eigenvalue weighted by atomic mass is 10.1. The van der Waals surface area contributed by atoms with Crippen LogP contribution in [0.2, 0.25) is 0 Å². The summed E-state index contributed by atoms with van der Waals surface area (Å²) >= 11 is 4.63. The molecule has 6 nitrogen and oxygen atoms in total. The minimum absolute atomic E-state index is 0.00479. The van der Waals surface area contributed by atoms with Crippen molar-refractivity contribution < 1.29 is 17.6 Å². The number of hydrogen-bond donors (Lipinski definition) is 2. The van der Waals surface area contributed by atoms with Gasteiger partial charge in [-0.15, -0.1) is 11.3 Å². The van der Waals surface area contributed by atoms with Crippen molar-refractivity contribution in [3.8, 4) is 11.3 Å². The quantitative estimate of drug-likeness (QED) is 0.494. The Morgan fingerprint density at radius 1 is 1.21 bits per heavy atom. The van der Waals surface area contributed by atoms with Gasteiger partial charge in [0.05, 0.1) is 22.2 Å². The molecule has 0 unspecified atom stereocenters. The van der Waals surface area contributed by atoms with E-state index in [0.29, 0.717) is 10.8 Å². The Kier molecular flexibility index (Phi) is 6.35. The number of benzene rings is 2. The van der Waals surface area contributed by atoms with E-state index in [9.17, 15) is 17.6 Å². The first-order valence-corrected chi connectivity index (χ1v) is 11.7. The first-order chi connectivity index (χ1) is 13.7. The van der Waals surface area contributed by atoms with Gasteiger partial charge in [-0.05, 0) is 44.2 Å². The zero-order valence-corrected chi connectivity index (χ0v) is 18.7. The number of halogens is 2. The zero-order chi connectivity index (χ0) is 21.2. The fraction of sp³-hybridized carbons (Fsp3) is 0.158. The lowest BCUT2D eigenvalue weighted by Crippen LogP contribution is -2.24. The highest BCUT2D eigenvalue weighted by Crippen LogP contribution is 2.28. The monoisotopic (exact) mass is 497 g/mol. The van der Waals surface area contributed by atoms with Crippen molar-refractivity contribution in [1.29, 1.82) is 0 Å². The molecule has 29 heavy (non-hydrogen) atoms. The molecule has 0 aliphatic carbocycles. The molecule has 0 bridgehead atoms. The molecule has 1 aromatic heterocycles. The van der Waals surface area contributed by atoms with Gasteiger partial charge in [0.15, 0.2) is 5.13 Å². The number of sulfonamides is 1. The topological polar surface area (TPSA) is 88.2 Å². The van der Waals surface area contributed by atoms with Crippen LogP contribution >= 0.6 is 27.3 Å². The van der Waals surface area contributed by atoms with Crippen molar-refractivity contribution in [2.75, 3.05) is 10.0 Å².